The normalized spacial score (nSPS) is 34.3. The summed E-state index contributed by atoms with van der Waals surface area (Å²) in [7, 11) is 0. The highest BCUT2D eigenvalue weighted by molar-refractivity contribution is 5.87. The van der Waals surface area contributed by atoms with E-state index in [1.54, 1.807) is 0 Å². The van der Waals surface area contributed by atoms with Crippen LogP contribution in [0.1, 0.15) is 66.7 Å². The van der Waals surface area contributed by atoms with Gasteiger partial charge in [-0.25, -0.2) is 0 Å². The van der Waals surface area contributed by atoms with Gasteiger partial charge in [0.1, 0.15) is 18.7 Å². The van der Waals surface area contributed by atoms with E-state index in [1.807, 2.05) is 6.08 Å². The molecule has 0 aromatic carbocycles. The second-order valence-electron chi connectivity index (χ2n) is 8.66. The van der Waals surface area contributed by atoms with Crippen LogP contribution in [-0.4, -0.2) is 24.6 Å². The van der Waals surface area contributed by atoms with Crippen LogP contribution < -0.4 is 0 Å². The monoisotopic (exact) mass is 360 g/mol. The summed E-state index contributed by atoms with van der Waals surface area (Å²) in [6, 6.07) is 0. The summed E-state index contributed by atoms with van der Waals surface area (Å²) in [6.07, 6.45) is 9.55. The first-order chi connectivity index (χ1) is 12.2. The minimum Gasteiger partial charge on any atom is -0.461 e. The Bertz CT molecular complexity index is 628. The molecule has 5 atom stereocenters. The molecule has 0 amide bonds. The third kappa shape index (κ3) is 3.56. The van der Waals surface area contributed by atoms with Crippen LogP contribution in [0.5, 0.6) is 0 Å². The maximum absolute atomic E-state index is 12.5. The second kappa shape index (κ2) is 7.89. The Morgan fingerprint density at radius 3 is 2.58 bits per heavy atom. The van der Waals surface area contributed by atoms with E-state index in [9.17, 15) is 14.4 Å². The van der Waals surface area contributed by atoms with Crippen molar-refractivity contribution in [3.8, 4) is 0 Å². The molecule has 0 aromatic heterocycles. The lowest BCUT2D eigenvalue weighted by Crippen LogP contribution is -2.61. The molecule has 0 aromatic rings. The average Bonchev–Trinajstić information content (AvgIpc) is 2.56. The van der Waals surface area contributed by atoms with Crippen LogP contribution >= 0.6 is 0 Å². The first-order valence-corrected chi connectivity index (χ1v) is 9.64. The molecule has 0 saturated heterocycles. The predicted octanol–water partition coefficient (Wildman–Crippen LogP) is 4.43. The molecule has 0 heterocycles. The minimum atomic E-state index is -1.02. The number of hydrogen-bond acceptors (Lipinski definition) is 4. The molecular formula is C22H32O4. The number of hydrogen-bond donors (Lipinski definition) is 0. The molecule has 4 nitrogen and oxygen atoms in total. The van der Waals surface area contributed by atoms with Crippen LogP contribution in [-0.2, 0) is 19.1 Å². The van der Waals surface area contributed by atoms with Crippen LogP contribution in [0.4, 0.5) is 0 Å². The molecule has 26 heavy (non-hydrogen) atoms. The number of aldehydes is 2. The Hall–Kier alpha value is -1.71. The highest BCUT2D eigenvalue weighted by atomic mass is 16.5. The summed E-state index contributed by atoms with van der Waals surface area (Å²) in [6.45, 7) is 9.76. The van der Waals surface area contributed by atoms with Gasteiger partial charge in [0, 0.05) is 17.9 Å². The third-order valence-corrected chi connectivity index (χ3v) is 6.46. The molecule has 2 rings (SSSR count). The Morgan fingerprint density at radius 2 is 2.04 bits per heavy atom. The van der Waals surface area contributed by atoms with Crippen LogP contribution in [0.2, 0.25) is 0 Å². The van der Waals surface area contributed by atoms with Crippen molar-refractivity contribution in [1.82, 2.24) is 0 Å². The summed E-state index contributed by atoms with van der Waals surface area (Å²) in [5, 5.41) is 0. The molecule has 2 aliphatic carbocycles. The van der Waals surface area contributed by atoms with Gasteiger partial charge in [0.25, 0.3) is 0 Å². The van der Waals surface area contributed by atoms with Gasteiger partial charge in [0.2, 0.25) is 0 Å². The molecule has 2 aliphatic rings. The highest BCUT2D eigenvalue weighted by Crippen LogP contribution is 2.60. The fraction of sp³-hybridized carbons (Fsp3) is 0.682. The highest BCUT2D eigenvalue weighted by Gasteiger charge is 2.62. The predicted molar refractivity (Wildman–Crippen MR) is 101 cm³/mol. The smallest absolute Gasteiger partial charge is 0.302 e. The zero-order valence-corrected chi connectivity index (χ0v) is 16.7. The zero-order valence-electron chi connectivity index (χ0n) is 16.7. The van der Waals surface area contributed by atoms with E-state index < -0.39 is 17.5 Å². The van der Waals surface area contributed by atoms with E-state index in [0.29, 0.717) is 12.0 Å². The molecule has 0 N–H and O–H groups in total. The second-order valence-corrected chi connectivity index (χ2v) is 8.66. The van der Waals surface area contributed by atoms with E-state index in [0.717, 1.165) is 38.3 Å². The van der Waals surface area contributed by atoms with Crippen LogP contribution in [0, 0.1) is 22.7 Å². The molecule has 1 saturated carbocycles. The van der Waals surface area contributed by atoms with Crippen LogP contribution in [0.15, 0.2) is 23.3 Å². The van der Waals surface area contributed by atoms with Crippen molar-refractivity contribution in [2.45, 2.75) is 72.8 Å². The number of ether oxygens (including phenoxy) is 1. The van der Waals surface area contributed by atoms with Gasteiger partial charge in [0.15, 0.2) is 0 Å². The topological polar surface area (TPSA) is 60.4 Å². The lowest BCUT2D eigenvalue weighted by Gasteiger charge is -2.57. The van der Waals surface area contributed by atoms with Crippen LogP contribution in [0.3, 0.4) is 0 Å². The number of carbonyl (C=O) groups is 3. The SMILES string of the molecule is CC(=O)O[C@H]1C2(C=O)C(C=O)=CC[C@@]1(C)CCC2[C@H](C)CCC=C(C)C. The van der Waals surface area contributed by atoms with E-state index in [-0.39, 0.29) is 17.3 Å². The maximum atomic E-state index is 12.5. The lowest BCUT2D eigenvalue weighted by molar-refractivity contribution is -0.183. The summed E-state index contributed by atoms with van der Waals surface area (Å²) in [5.74, 6) is -0.142. The fourth-order valence-electron chi connectivity index (χ4n) is 5.09. The van der Waals surface area contributed by atoms with Gasteiger partial charge in [-0.05, 0) is 57.8 Å². The number of fused-ring (bicyclic) bond motifs is 2. The van der Waals surface area contributed by atoms with Crippen molar-refractivity contribution in [3.05, 3.63) is 23.3 Å². The summed E-state index contributed by atoms with van der Waals surface area (Å²) in [5.41, 5.74) is 0.454. The van der Waals surface area contributed by atoms with Gasteiger partial charge >= 0.3 is 5.97 Å². The fourth-order valence-corrected chi connectivity index (χ4v) is 5.09. The summed E-state index contributed by atoms with van der Waals surface area (Å²) < 4.78 is 5.73. The first kappa shape index (κ1) is 20.6. The van der Waals surface area contributed by atoms with Crippen molar-refractivity contribution in [1.29, 1.82) is 0 Å². The third-order valence-electron chi connectivity index (χ3n) is 6.46. The minimum absolute atomic E-state index is 0.000243. The van der Waals surface area contributed by atoms with Gasteiger partial charge in [-0.3, -0.25) is 9.59 Å². The Labute approximate surface area is 157 Å². The zero-order chi connectivity index (χ0) is 19.5. The van der Waals surface area contributed by atoms with Gasteiger partial charge < -0.3 is 9.53 Å². The molecule has 0 aliphatic heterocycles. The molecule has 0 spiro atoms. The Kier molecular flexibility index (Phi) is 6.25. The van der Waals surface area contributed by atoms with Gasteiger partial charge in [-0.1, -0.05) is 31.6 Å². The molecule has 2 bridgehead atoms. The van der Waals surface area contributed by atoms with Crippen molar-refractivity contribution in [2.75, 3.05) is 0 Å². The van der Waals surface area contributed by atoms with Gasteiger partial charge in [-0.15, -0.1) is 0 Å². The van der Waals surface area contributed by atoms with Crippen molar-refractivity contribution in [2.24, 2.45) is 22.7 Å². The van der Waals surface area contributed by atoms with Crippen molar-refractivity contribution in [3.63, 3.8) is 0 Å². The number of carbonyl (C=O) groups excluding carboxylic acids is 3. The van der Waals surface area contributed by atoms with E-state index in [1.165, 1.54) is 12.5 Å². The van der Waals surface area contributed by atoms with Crippen molar-refractivity contribution >= 4 is 18.5 Å². The molecule has 1 fully saturated rings. The molecule has 0 radical (unpaired) electrons. The maximum Gasteiger partial charge on any atom is 0.302 e. The molecule has 2 unspecified atom stereocenters. The van der Waals surface area contributed by atoms with Gasteiger partial charge in [0.05, 0.1) is 5.41 Å². The summed E-state index contributed by atoms with van der Waals surface area (Å²) in [4.78, 5) is 36.2. The van der Waals surface area contributed by atoms with E-state index in [4.69, 9.17) is 4.74 Å². The standard InChI is InChI=1S/C22H32O4/c1-15(2)7-6-8-16(3)19-10-12-21(5)11-9-18(13-23)22(19,14-24)20(21)26-17(4)25/h7,9,13-14,16,19-20H,6,8,10-12H2,1-5H3/t16-,19?,20-,21+,22?/m1/s1. The number of rotatable bonds is 7. The molecular weight excluding hydrogens is 328 g/mol. The van der Waals surface area contributed by atoms with E-state index in [2.05, 4.69) is 33.8 Å². The molecule has 144 valence electrons. The van der Waals surface area contributed by atoms with Gasteiger partial charge in [-0.2, -0.15) is 0 Å². The quantitative estimate of drug-likeness (QED) is 0.383. The number of esters is 1. The Balaban J connectivity index is 2.46. The number of allylic oxidation sites excluding steroid dienone is 3. The largest absolute Gasteiger partial charge is 0.461 e. The lowest BCUT2D eigenvalue weighted by atomic mass is 9.48. The first-order valence-electron chi connectivity index (χ1n) is 9.64. The summed E-state index contributed by atoms with van der Waals surface area (Å²) >= 11 is 0. The Morgan fingerprint density at radius 1 is 1.35 bits per heavy atom. The van der Waals surface area contributed by atoms with Crippen molar-refractivity contribution < 1.29 is 19.1 Å². The average molecular weight is 360 g/mol. The van der Waals surface area contributed by atoms with Crippen LogP contribution in [0.25, 0.3) is 0 Å². The molecule has 4 heteroatoms. The van der Waals surface area contributed by atoms with E-state index >= 15 is 0 Å².